The van der Waals surface area contributed by atoms with Crippen molar-refractivity contribution >= 4 is 11.6 Å². The highest BCUT2D eigenvalue weighted by Gasteiger charge is 2.43. The maximum Gasteiger partial charge on any atom is 0.113 e. The van der Waals surface area contributed by atoms with Gasteiger partial charge in [0.2, 0.25) is 0 Å². The van der Waals surface area contributed by atoms with E-state index in [1.54, 1.807) is 0 Å². The molecule has 1 aliphatic rings. The Hall–Kier alpha value is -2.25. The Labute approximate surface area is 192 Å². The van der Waals surface area contributed by atoms with E-state index in [4.69, 9.17) is 16.3 Å². The molecule has 4 rings (SSSR count). The molecular formula is C26H27ClO5. The van der Waals surface area contributed by atoms with E-state index in [0.29, 0.717) is 17.0 Å². The molecule has 1 saturated heterocycles. The molecule has 3 aromatic rings. The third-order valence-corrected chi connectivity index (χ3v) is 6.37. The van der Waals surface area contributed by atoms with Crippen LogP contribution in [-0.2, 0) is 11.2 Å². The minimum Gasteiger partial charge on any atom is -0.394 e. The van der Waals surface area contributed by atoms with Crippen LogP contribution in [0.25, 0.3) is 11.1 Å². The summed E-state index contributed by atoms with van der Waals surface area (Å²) in [5, 5.41) is 40.8. The van der Waals surface area contributed by atoms with Crippen LogP contribution in [0.5, 0.6) is 0 Å². The summed E-state index contributed by atoms with van der Waals surface area (Å²) in [6, 6.07) is 21.8. The Morgan fingerprint density at radius 2 is 1.44 bits per heavy atom. The summed E-state index contributed by atoms with van der Waals surface area (Å²) in [6.45, 7) is 1.58. The number of hydrogen-bond donors (Lipinski definition) is 4. The molecule has 4 N–H and O–H groups in total. The zero-order valence-corrected chi connectivity index (χ0v) is 18.5. The lowest BCUT2D eigenvalue weighted by molar-refractivity contribution is -0.231. The van der Waals surface area contributed by atoms with Crippen molar-refractivity contribution in [3.63, 3.8) is 0 Å². The van der Waals surface area contributed by atoms with Crippen molar-refractivity contribution in [1.82, 2.24) is 0 Å². The van der Waals surface area contributed by atoms with E-state index >= 15 is 0 Å². The number of hydrogen-bond acceptors (Lipinski definition) is 5. The Morgan fingerprint density at radius 1 is 0.812 bits per heavy atom. The average molecular weight is 455 g/mol. The fraction of sp³-hybridized carbons (Fsp3) is 0.308. The standard InChI is InChI=1S/C26H27ClO5/c1-15-2-5-19(26-25(31)24(30)23(29)22(14-28)32-26)13-20(15)12-16-3-6-17(7-4-16)18-8-10-21(27)11-9-18/h2-11,13,22-26,28-31H,12,14H2,1H3/t22-,23-,24+,25-,26+/m1/s1. The summed E-state index contributed by atoms with van der Waals surface area (Å²) < 4.78 is 5.72. The maximum absolute atomic E-state index is 10.5. The first kappa shape index (κ1) is 22.9. The fourth-order valence-corrected chi connectivity index (χ4v) is 4.24. The van der Waals surface area contributed by atoms with E-state index in [-0.39, 0.29) is 0 Å². The highest BCUT2D eigenvalue weighted by molar-refractivity contribution is 6.30. The van der Waals surface area contributed by atoms with Gasteiger partial charge in [-0.1, -0.05) is 66.2 Å². The fourth-order valence-electron chi connectivity index (χ4n) is 4.11. The van der Waals surface area contributed by atoms with Gasteiger partial charge in [-0.05, 0) is 58.9 Å². The molecule has 0 aromatic heterocycles. The first-order valence-corrected chi connectivity index (χ1v) is 11.0. The predicted octanol–water partition coefficient (Wildman–Crippen LogP) is 3.42. The van der Waals surface area contributed by atoms with Crippen molar-refractivity contribution in [2.75, 3.05) is 6.61 Å². The predicted molar refractivity (Wildman–Crippen MR) is 124 cm³/mol. The lowest BCUT2D eigenvalue weighted by Crippen LogP contribution is -2.55. The van der Waals surface area contributed by atoms with Gasteiger partial charge < -0.3 is 25.2 Å². The zero-order chi connectivity index (χ0) is 22.8. The molecule has 0 radical (unpaired) electrons. The number of aliphatic hydroxyl groups is 4. The van der Waals surface area contributed by atoms with E-state index in [1.165, 1.54) is 0 Å². The smallest absolute Gasteiger partial charge is 0.113 e. The lowest BCUT2D eigenvalue weighted by Gasteiger charge is -2.40. The van der Waals surface area contributed by atoms with Gasteiger partial charge in [-0.25, -0.2) is 0 Å². The Balaban J connectivity index is 1.55. The minimum atomic E-state index is -1.39. The minimum absolute atomic E-state index is 0.444. The summed E-state index contributed by atoms with van der Waals surface area (Å²) in [6.07, 6.45) is -5.12. The molecule has 0 aliphatic carbocycles. The molecule has 0 unspecified atom stereocenters. The van der Waals surface area contributed by atoms with Crippen LogP contribution in [-0.4, -0.2) is 51.4 Å². The van der Waals surface area contributed by atoms with Crippen molar-refractivity contribution in [3.8, 4) is 11.1 Å². The number of aryl methyl sites for hydroxylation is 1. The van der Waals surface area contributed by atoms with Crippen molar-refractivity contribution < 1.29 is 25.2 Å². The van der Waals surface area contributed by atoms with E-state index in [2.05, 4.69) is 24.3 Å². The molecule has 1 heterocycles. The average Bonchev–Trinajstić information content (AvgIpc) is 2.80. The number of aliphatic hydroxyl groups excluding tert-OH is 4. The van der Waals surface area contributed by atoms with E-state index in [1.807, 2.05) is 49.4 Å². The number of benzene rings is 3. The molecule has 1 aliphatic heterocycles. The Bertz CT molecular complexity index is 1050. The second kappa shape index (κ2) is 9.71. The molecule has 32 heavy (non-hydrogen) atoms. The van der Waals surface area contributed by atoms with Crippen molar-refractivity contribution in [1.29, 1.82) is 0 Å². The molecule has 1 fully saturated rings. The normalized spacial score (nSPS) is 25.6. The van der Waals surface area contributed by atoms with E-state index in [9.17, 15) is 20.4 Å². The molecule has 0 saturated carbocycles. The van der Waals surface area contributed by atoms with Crippen LogP contribution < -0.4 is 0 Å². The van der Waals surface area contributed by atoms with Gasteiger partial charge in [0.25, 0.3) is 0 Å². The molecule has 168 valence electrons. The molecule has 0 spiro atoms. The first-order valence-electron chi connectivity index (χ1n) is 10.6. The molecule has 3 aromatic carbocycles. The monoisotopic (exact) mass is 454 g/mol. The molecule has 0 bridgehead atoms. The summed E-state index contributed by atoms with van der Waals surface area (Å²) >= 11 is 5.98. The second-order valence-corrected chi connectivity index (χ2v) is 8.75. The zero-order valence-electron chi connectivity index (χ0n) is 17.7. The lowest BCUT2D eigenvalue weighted by atomic mass is 9.89. The van der Waals surface area contributed by atoms with Crippen LogP contribution in [0, 0.1) is 6.92 Å². The number of rotatable bonds is 5. The summed E-state index contributed by atoms with van der Waals surface area (Å²) in [5.41, 5.74) is 6.20. The quantitative estimate of drug-likeness (QED) is 0.474. The van der Waals surface area contributed by atoms with Crippen LogP contribution in [0.3, 0.4) is 0 Å². The molecule has 5 atom stereocenters. The highest BCUT2D eigenvalue weighted by atomic mass is 35.5. The SMILES string of the molecule is Cc1ccc([C@@H]2O[C@H](CO)[C@@H](O)[C@H](O)[C@H]2O)cc1Cc1ccc(-c2ccc(Cl)cc2)cc1. The number of ether oxygens (including phenoxy) is 1. The largest absolute Gasteiger partial charge is 0.394 e. The van der Waals surface area contributed by atoms with Gasteiger partial charge in [-0.2, -0.15) is 0 Å². The Morgan fingerprint density at radius 3 is 2.06 bits per heavy atom. The third-order valence-electron chi connectivity index (χ3n) is 6.12. The molecule has 5 nitrogen and oxygen atoms in total. The van der Waals surface area contributed by atoms with Crippen LogP contribution in [0.15, 0.2) is 66.7 Å². The molecular weight excluding hydrogens is 428 g/mol. The van der Waals surface area contributed by atoms with E-state index in [0.717, 1.165) is 27.8 Å². The van der Waals surface area contributed by atoms with Crippen molar-refractivity contribution in [2.45, 2.75) is 43.9 Å². The van der Waals surface area contributed by atoms with Crippen molar-refractivity contribution in [2.24, 2.45) is 0 Å². The van der Waals surface area contributed by atoms with Crippen molar-refractivity contribution in [3.05, 3.63) is 94.0 Å². The van der Waals surface area contributed by atoms with Gasteiger partial charge in [0.15, 0.2) is 0 Å². The topological polar surface area (TPSA) is 90.2 Å². The van der Waals surface area contributed by atoms with Gasteiger partial charge in [-0.15, -0.1) is 0 Å². The molecule has 6 heteroatoms. The second-order valence-electron chi connectivity index (χ2n) is 8.32. The molecule has 0 amide bonds. The maximum atomic E-state index is 10.5. The summed E-state index contributed by atoms with van der Waals surface area (Å²) in [7, 11) is 0. The van der Waals surface area contributed by atoms with Gasteiger partial charge in [0.05, 0.1) is 6.61 Å². The van der Waals surface area contributed by atoms with Crippen LogP contribution in [0.4, 0.5) is 0 Å². The van der Waals surface area contributed by atoms with Crippen LogP contribution in [0.1, 0.15) is 28.4 Å². The third kappa shape index (κ3) is 4.74. The van der Waals surface area contributed by atoms with Gasteiger partial charge >= 0.3 is 0 Å². The van der Waals surface area contributed by atoms with Crippen LogP contribution >= 0.6 is 11.6 Å². The van der Waals surface area contributed by atoms with Crippen LogP contribution in [0.2, 0.25) is 5.02 Å². The summed E-state index contributed by atoms with van der Waals surface area (Å²) in [4.78, 5) is 0. The van der Waals surface area contributed by atoms with E-state index < -0.39 is 37.1 Å². The Kier molecular flexibility index (Phi) is 6.96. The van der Waals surface area contributed by atoms with Gasteiger partial charge in [-0.3, -0.25) is 0 Å². The first-order chi connectivity index (χ1) is 15.4. The highest BCUT2D eigenvalue weighted by Crippen LogP contribution is 2.33. The van der Waals surface area contributed by atoms with Gasteiger partial charge in [0, 0.05) is 5.02 Å². The summed E-state index contributed by atoms with van der Waals surface area (Å²) in [5.74, 6) is 0. The number of halogens is 1. The van der Waals surface area contributed by atoms with Gasteiger partial charge in [0.1, 0.15) is 30.5 Å².